The SMILES string of the molecule is O=CN(CC(O)CN1CCN(CC(=O)Nc2cccc3ccccc23)CC1)c1ccccc1F. The first-order chi connectivity index (χ1) is 16.5. The number of rotatable bonds is 9. The second-order valence-electron chi connectivity index (χ2n) is 8.51. The molecular formula is C26H29FN4O3. The molecule has 0 aromatic heterocycles. The third-order valence-corrected chi connectivity index (χ3v) is 6.06. The number of fused-ring (bicyclic) bond motifs is 1. The third-order valence-electron chi connectivity index (χ3n) is 6.06. The van der Waals surface area contributed by atoms with Crippen molar-refractivity contribution < 1.29 is 19.1 Å². The van der Waals surface area contributed by atoms with Gasteiger partial charge < -0.3 is 15.3 Å². The predicted octanol–water partition coefficient (Wildman–Crippen LogP) is 2.56. The van der Waals surface area contributed by atoms with Gasteiger partial charge in [0.1, 0.15) is 5.82 Å². The number of carbonyl (C=O) groups excluding carboxylic acids is 2. The van der Waals surface area contributed by atoms with E-state index in [4.69, 9.17) is 0 Å². The van der Waals surface area contributed by atoms with Crippen molar-refractivity contribution in [1.29, 1.82) is 0 Å². The van der Waals surface area contributed by atoms with E-state index < -0.39 is 11.9 Å². The van der Waals surface area contributed by atoms with Crippen LogP contribution in [0.5, 0.6) is 0 Å². The number of piperazine rings is 1. The second kappa shape index (κ2) is 11.2. The normalized spacial score (nSPS) is 15.7. The zero-order chi connectivity index (χ0) is 23.9. The maximum atomic E-state index is 14.0. The summed E-state index contributed by atoms with van der Waals surface area (Å²) < 4.78 is 14.0. The lowest BCUT2D eigenvalue weighted by atomic mass is 10.1. The van der Waals surface area contributed by atoms with Crippen LogP contribution in [0.3, 0.4) is 0 Å². The highest BCUT2D eigenvalue weighted by atomic mass is 19.1. The van der Waals surface area contributed by atoms with E-state index in [2.05, 4.69) is 15.1 Å². The Morgan fingerprint density at radius 3 is 2.44 bits per heavy atom. The fourth-order valence-corrected chi connectivity index (χ4v) is 4.32. The summed E-state index contributed by atoms with van der Waals surface area (Å²) in [4.78, 5) is 29.4. The first-order valence-electron chi connectivity index (χ1n) is 11.4. The topological polar surface area (TPSA) is 76.1 Å². The lowest BCUT2D eigenvalue weighted by Crippen LogP contribution is -2.51. The van der Waals surface area contributed by atoms with Crippen LogP contribution in [-0.4, -0.2) is 79.1 Å². The van der Waals surface area contributed by atoms with Gasteiger partial charge in [-0.25, -0.2) is 4.39 Å². The zero-order valence-corrected chi connectivity index (χ0v) is 18.9. The molecule has 1 fully saturated rings. The Labute approximate surface area is 198 Å². The first kappa shape index (κ1) is 23.8. The molecule has 1 saturated heterocycles. The number of halogens is 1. The second-order valence-corrected chi connectivity index (χ2v) is 8.51. The molecule has 0 aliphatic carbocycles. The molecule has 0 bridgehead atoms. The van der Waals surface area contributed by atoms with Crippen LogP contribution >= 0.6 is 0 Å². The Hall–Kier alpha value is -3.33. The molecule has 2 amide bonds. The van der Waals surface area contributed by atoms with Gasteiger partial charge in [-0.2, -0.15) is 0 Å². The van der Waals surface area contributed by atoms with Gasteiger partial charge >= 0.3 is 0 Å². The monoisotopic (exact) mass is 464 g/mol. The Kier molecular flexibility index (Phi) is 7.84. The van der Waals surface area contributed by atoms with Crippen LogP contribution in [0.2, 0.25) is 0 Å². The number of aliphatic hydroxyl groups is 1. The molecule has 1 unspecified atom stereocenters. The third kappa shape index (κ3) is 5.96. The molecule has 8 heteroatoms. The standard InChI is InChI=1S/C26H29FN4O3/c27-23-9-3-4-11-25(23)31(19-32)17-21(33)16-29-12-14-30(15-13-29)18-26(34)28-24-10-5-7-20-6-1-2-8-22(20)24/h1-11,19,21,33H,12-18H2,(H,28,34). The van der Waals surface area contributed by atoms with Crippen molar-refractivity contribution >= 4 is 34.5 Å². The van der Waals surface area contributed by atoms with Gasteiger partial charge in [0, 0.05) is 43.8 Å². The number of hydrogen-bond acceptors (Lipinski definition) is 5. The highest BCUT2D eigenvalue weighted by molar-refractivity contribution is 6.02. The molecule has 1 atom stereocenters. The molecule has 0 saturated carbocycles. The molecule has 178 valence electrons. The number of benzene rings is 3. The lowest BCUT2D eigenvalue weighted by molar-refractivity contribution is -0.117. The number of amides is 2. The average molecular weight is 465 g/mol. The van der Waals surface area contributed by atoms with Crippen molar-refractivity contribution in [3.63, 3.8) is 0 Å². The quantitative estimate of drug-likeness (QED) is 0.476. The fourth-order valence-electron chi connectivity index (χ4n) is 4.32. The van der Waals surface area contributed by atoms with E-state index >= 15 is 0 Å². The van der Waals surface area contributed by atoms with Gasteiger partial charge in [0.2, 0.25) is 12.3 Å². The summed E-state index contributed by atoms with van der Waals surface area (Å²) in [5.41, 5.74) is 0.956. The maximum absolute atomic E-state index is 14.0. The van der Waals surface area contributed by atoms with E-state index in [1.807, 2.05) is 42.5 Å². The predicted molar refractivity (Wildman–Crippen MR) is 131 cm³/mol. The minimum atomic E-state index is -0.814. The number of para-hydroxylation sites is 1. The number of nitrogens with one attached hydrogen (secondary N) is 1. The average Bonchev–Trinajstić information content (AvgIpc) is 2.84. The summed E-state index contributed by atoms with van der Waals surface area (Å²) in [5.74, 6) is -0.562. The lowest BCUT2D eigenvalue weighted by Gasteiger charge is -2.35. The number of anilines is 2. The molecule has 1 heterocycles. The van der Waals surface area contributed by atoms with Crippen LogP contribution in [0.1, 0.15) is 0 Å². The molecule has 1 aliphatic heterocycles. The molecule has 4 rings (SSSR count). The fraction of sp³-hybridized carbons (Fsp3) is 0.308. The van der Waals surface area contributed by atoms with E-state index in [9.17, 15) is 19.1 Å². The summed E-state index contributed by atoms with van der Waals surface area (Å²) in [6, 6.07) is 19.8. The van der Waals surface area contributed by atoms with Gasteiger partial charge in [-0.15, -0.1) is 0 Å². The van der Waals surface area contributed by atoms with Crippen molar-refractivity contribution in [2.24, 2.45) is 0 Å². The summed E-state index contributed by atoms with van der Waals surface area (Å²) in [5, 5.41) is 15.6. The first-order valence-corrected chi connectivity index (χ1v) is 11.4. The zero-order valence-electron chi connectivity index (χ0n) is 18.9. The van der Waals surface area contributed by atoms with E-state index in [0.717, 1.165) is 16.5 Å². The van der Waals surface area contributed by atoms with Crippen molar-refractivity contribution in [3.05, 3.63) is 72.5 Å². The van der Waals surface area contributed by atoms with Gasteiger partial charge in [0.15, 0.2) is 0 Å². The number of nitrogens with zero attached hydrogens (tertiary/aromatic N) is 3. The summed E-state index contributed by atoms with van der Waals surface area (Å²) in [7, 11) is 0. The van der Waals surface area contributed by atoms with Crippen molar-refractivity contribution in [1.82, 2.24) is 9.80 Å². The van der Waals surface area contributed by atoms with Crippen LogP contribution in [0.15, 0.2) is 66.7 Å². The van der Waals surface area contributed by atoms with Gasteiger partial charge in [0.25, 0.3) is 0 Å². The molecule has 34 heavy (non-hydrogen) atoms. The molecular weight excluding hydrogens is 435 g/mol. The van der Waals surface area contributed by atoms with Crippen molar-refractivity contribution in [2.45, 2.75) is 6.10 Å². The Morgan fingerprint density at radius 1 is 1.00 bits per heavy atom. The van der Waals surface area contributed by atoms with Gasteiger partial charge in [-0.05, 0) is 23.6 Å². The Balaban J connectivity index is 1.23. The van der Waals surface area contributed by atoms with Crippen molar-refractivity contribution in [3.8, 4) is 0 Å². The largest absolute Gasteiger partial charge is 0.390 e. The molecule has 0 spiro atoms. The summed E-state index contributed by atoms with van der Waals surface area (Å²) >= 11 is 0. The van der Waals surface area contributed by atoms with E-state index in [-0.39, 0.29) is 18.1 Å². The Morgan fingerprint density at radius 2 is 1.68 bits per heavy atom. The summed E-state index contributed by atoms with van der Waals surface area (Å²) in [6.07, 6.45) is -0.278. The highest BCUT2D eigenvalue weighted by Gasteiger charge is 2.22. The Bertz CT molecular complexity index is 1130. The molecule has 3 aromatic carbocycles. The van der Waals surface area contributed by atoms with E-state index in [0.29, 0.717) is 45.7 Å². The van der Waals surface area contributed by atoms with Gasteiger partial charge in [0.05, 0.1) is 24.9 Å². The number of carbonyl (C=O) groups is 2. The van der Waals surface area contributed by atoms with E-state index in [1.165, 1.54) is 17.0 Å². The van der Waals surface area contributed by atoms with Crippen LogP contribution < -0.4 is 10.2 Å². The maximum Gasteiger partial charge on any atom is 0.238 e. The molecule has 7 nitrogen and oxygen atoms in total. The minimum absolute atomic E-state index is 0.0120. The van der Waals surface area contributed by atoms with Crippen molar-refractivity contribution in [2.75, 3.05) is 56.0 Å². The number of hydrogen-bond donors (Lipinski definition) is 2. The molecule has 0 radical (unpaired) electrons. The molecule has 2 N–H and O–H groups in total. The van der Waals surface area contributed by atoms with Gasteiger partial charge in [-0.1, -0.05) is 48.5 Å². The number of β-amino-alcohol motifs (C(OH)–C–C–N with tert-alkyl or cyclic N) is 1. The van der Waals surface area contributed by atoms with Crippen LogP contribution in [0.4, 0.5) is 15.8 Å². The smallest absolute Gasteiger partial charge is 0.238 e. The highest BCUT2D eigenvalue weighted by Crippen LogP contribution is 2.23. The van der Waals surface area contributed by atoms with Crippen LogP contribution in [0.25, 0.3) is 10.8 Å². The molecule has 3 aromatic rings. The number of aliphatic hydroxyl groups excluding tert-OH is 1. The molecule has 1 aliphatic rings. The van der Waals surface area contributed by atoms with Crippen LogP contribution in [0, 0.1) is 5.82 Å². The van der Waals surface area contributed by atoms with Gasteiger partial charge in [-0.3, -0.25) is 19.4 Å². The summed E-state index contributed by atoms with van der Waals surface area (Å²) in [6.45, 7) is 3.46. The van der Waals surface area contributed by atoms with Crippen LogP contribution in [-0.2, 0) is 9.59 Å². The van der Waals surface area contributed by atoms with E-state index in [1.54, 1.807) is 12.1 Å². The minimum Gasteiger partial charge on any atom is -0.390 e.